The molecule has 0 aliphatic heterocycles. The number of rotatable bonds is 8. The standard InChI is InChI=1S/C23H25N3O4/c1-16-4-11-21(30-16)14-26(2)15-22(27)24-18-7-5-17(6-8-18)23(28)25-19-9-12-20(29-3)13-10-19/h4-13H,14-15H2,1-3H3,(H,24,27)(H,25,28)/p+1. The van der Waals surface area contributed by atoms with Crippen LogP contribution in [0.1, 0.15) is 21.9 Å². The topological polar surface area (TPSA) is 85.0 Å². The number of quaternary nitrogens is 1. The Bertz CT molecular complexity index is 994. The lowest BCUT2D eigenvalue weighted by Crippen LogP contribution is -3.08. The monoisotopic (exact) mass is 408 g/mol. The first-order valence-corrected chi connectivity index (χ1v) is 9.65. The molecule has 0 fully saturated rings. The first-order valence-electron chi connectivity index (χ1n) is 9.65. The Morgan fingerprint density at radius 1 is 0.933 bits per heavy atom. The third-order valence-electron chi connectivity index (χ3n) is 4.51. The van der Waals surface area contributed by atoms with Crippen molar-refractivity contribution in [2.45, 2.75) is 13.5 Å². The third kappa shape index (κ3) is 5.96. The van der Waals surface area contributed by atoms with Gasteiger partial charge in [0.1, 0.15) is 18.1 Å². The second-order valence-electron chi connectivity index (χ2n) is 7.13. The van der Waals surface area contributed by atoms with Gasteiger partial charge in [0.2, 0.25) is 0 Å². The summed E-state index contributed by atoms with van der Waals surface area (Å²) in [6, 6.07) is 17.7. The normalized spacial score (nSPS) is 11.6. The van der Waals surface area contributed by atoms with Crippen LogP contribution in [-0.4, -0.2) is 32.5 Å². The number of hydrogen-bond donors (Lipinski definition) is 3. The minimum Gasteiger partial charge on any atom is -0.497 e. The number of nitrogens with one attached hydrogen (secondary N) is 3. The lowest BCUT2D eigenvalue weighted by Gasteiger charge is -2.13. The van der Waals surface area contributed by atoms with Crippen molar-refractivity contribution in [3.05, 3.63) is 77.7 Å². The number of aryl methyl sites for hydroxylation is 1. The zero-order valence-electron chi connectivity index (χ0n) is 17.3. The van der Waals surface area contributed by atoms with Gasteiger partial charge in [0.25, 0.3) is 11.8 Å². The van der Waals surface area contributed by atoms with Crippen molar-refractivity contribution in [3.8, 4) is 5.75 Å². The number of carbonyl (C=O) groups is 2. The number of methoxy groups -OCH3 is 1. The van der Waals surface area contributed by atoms with Crippen LogP contribution in [0.15, 0.2) is 65.1 Å². The zero-order valence-corrected chi connectivity index (χ0v) is 17.3. The molecule has 1 heterocycles. The van der Waals surface area contributed by atoms with Crippen molar-refractivity contribution in [1.82, 2.24) is 0 Å². The van der Waals surface area contributed by atoms with Gasteiger partial charge >= 0.3 is 0 Å². The lowest BCUT2D eigenvalue weighted by molar-refractivity contribution is -0.886. The van der Waals surface area contributed by atoms with E-state index in [2.05, 4.69) is 10.6 Å². The zero-order chi connectivity index (χ0) is 21.5. The Kier molecular flexibility index (Phi) is 6.87. The Balaban J connectivity index is 1.50. The highest BCUT2D eigenvalue weighted by Crippen LogP contribution is 2.16. The van der Waals surface area contributed by atoms with Crippen LogP contribution in [0.25, 0.3) is 0 Å². The van der Waals surface area contributed by atoms with Crippen LogP contribution in [0, 0.1) is 6.92 Å². The van der Waals surface area contributed by atoms with E-state index in [0.29, 0.717) is 30.0 Å². The molecule has 0 spiro atoms. The van der Waals surface area contributed by atoms with Gasteiger partial charge in [0, 0.05) is 16.9 Å². The Morgan fingerprint density at radius 3 is 2.17 bits per heavy atom. The van der Waals surface area contributed by atoms with E-state index < -0.39 is 0 Å². The van der Waals surface area contributed by atoms with Crippen LogP contribution in [0.2, 0.25) is 0 Å². The fourth-order valence-corrected chi connectivity index (χ4v) is 3.00. The fourth-order valence-electron chi connectivity index (χ4n) is 3.00. The van der Waals surface area contributed by atoms with Crippen LogP contribution in [0.4, 0.5) is 11.4 Å². The molecule has 0 radical (unpaired) electrons. The highest BCUT2D eigenvalue weighted by Gasteiger charge is 2.13. The highest BCUT2D eigenvalue weighted by molar-refractivity contribution is 6.04. The summed E-state index contributed by atoms with van der Waals surface area (Å²) in [6.07, 6.45) is 0. The molecule has 0 saturated heterocycles. The molecule has 3 rings (SSSR count). The predicted octanol–water partition coefficient (Wildman–Crippen LogP) is 2.50. The van der Waals surface area contributed by atoms with Crippen molar-refractivity contribution in [2.24, 2.45) is 0 Å². The summed E-state index contributed by atoms with van der Waals surface area (Å²) in [5.41, 5.74) is 1.82. The number of benzene rings is 2. The first kappa shape index (κ1) is 21.1. The number of carbonyl (C=O) groups excluding carboxylic acids is 2. The largest absolute Gasteiger partial charge is 0.497 e. The molecule has 0 saturated carbocycles. The molecule has 3 N–H and O–H groups in total. The van der Waals surface area contributed by atoms with Crippen molar-refractivity contribution in [3.63, 3.8) is 0 Å². The fraction of sp³-hybridized carbons (Fsp3) is 0.217. The number of likely N-dealkylation sites (N-methyl/N-ethyl adjacent to an activating group) is 1. The van der Waals surface area contributed by atoms with Crippen molar-refractivity contribution >= 4 is 23.2 Å². The molecule has 1 atom stereocenters. The van der Waals surface area contributed by atoms with Gasteiger partial charge in [-0.3, -0.25) is 9.59 Å². The molecule has 7 nitrogen and oxygen atoms in total. The number of amides is 2. The minimum absolute atomic E-state index is 0.105. The maximum atomic E-state index is 12.4. The van der Waals surface area contributed by atoms with Crippen molar-refractivity contribution in [1.29, 1.82) is 0 Å². The molecule has 0 aliphatic rings. The molecule has 0 bridgehead atoms. The molecule has 30 heavy (non-hydrogen) atoms. The molecule has 0 aliphatic carbocycles. The molecule has 1 unspecified atom stereocenters. The van der Waals surface area contributed by atoms with E-state index in [1.165, 1.54) is 0 Å². The predicted molar refractivity (Wildman–Crippen MR) is 115 cm³/mol. The maximum absolute atomic E-state index is 12.4. The molecule has 2 aromatic carbocycles. The molecule has 1 aromatic heterocycles. The van der Waals surface area contributed by atoms with E-state index in [1.54, 1.807) is 55.6 Å². The average Bonchev–Trinajstić information content (AvgIpc) is 3.13. The summed E-state index contributed by atoms with van der Waals surface area (Å²) in [6.45, 7) is 2.83. The second-order valence-corrected chi connectivity index (χ2v) is 7.13. The van der Waals surface area contributed by atoms with Crippen molar-refractivity contribution in [2.75, 3.05) is 31.3 Å². The van der Waals surface area contributed by atoms with Crippen LogP contribution in [0.3, 0.4) is 0 Å². The van der Waals surface area contributed by atoms with Gasteiger partial charge in [0.05, 0.1) is 14.2 Å². The van der Waals surface area contributed by atoms with Gasteiger partial charge in [-0.15, -0.1) is 0 Å². The summed E-state index contributed by atoms with van der Waals surface area (Å²) in [4.78, 5) is 25.7. The Hall–Kier alpha value is -3.58. The van der Waals surface area contributed by atoms with Crippen LogP contribution >= 0.6 is 0 Å². The number of anilines is 2. The van der Waals surface area contributed by atoms with Crippen LogP contribution < -0.4 is 20.3 Å². The number of ether oxygens (including phenoxy) is 1. The van der Waals surface area contributed by atoms with E-state index in [1.807, 2.05) is 26.1 Å². The van der Waals surface area contributed by atoms with E-state index in [4.69, 9.17) is 9.15 Å². The summed E-state index contributed by atoms with van der Waals surface area (Å²) in [7, 11) is 3.53. The summed E-state index contributed by atoms with van der Waals surface area (Å²) >= 11 is 0. The molecule has 3 aromatic rings. The summed E-state index contributed by atoms with van der Waals surface area (Å²) in [5, 5.41) is 5.68. The summed E-state index contributed by atoms with van der Waals surface area (Å²) in [5.74, 6) is 2.10. The third-order valence-corrected chi connectivity index (χ3v) is 4.51. The van der Waals surface area contributed by atoms with Crippen molar-refractivity contribution < 1.29 is 23.6 Å². The van der Waals surface area contributed by atoms with E-state index in [9.17, 15) is 9.59 Å². The van der Waals surface area contributed by atoms with E-state index in [-0.39, 0.29) is 11.8 Å². The molecule has 156 valence electrons. The molecule has 2 amide bonds. The number of hydrogen-bond acceptors (Lipinski definition) is 4. The van der Waals surface area contributed by atoms with Gasteiger partial charge < -0.3 is 24.7 Å². The van der Waals surface area contributed by atoms with Gasteiger partial charge in [-0.2, -0.15) is 0 Å². The average molecular weight is 408 g/mol. The Morgan fingerprint density at radius 2 is 1.57 bits per heavy atom. The van der Waals surface area contributed by atoms with Crippen LogP contribution in [-0.2, 0) is 11.3 Å². The smallest absolute Gasteiger partial charge is 0.279 e. The quantitative estimate of drug-likeness (QED) is 0.535. The van der Waals surface area contributed by atoms with Gasteiger partial charge in [-0.1, -0.05) is 0 Å². The van der Waals surface area contributed by atoms with E-state index >= 15 is 0 Å². The van der Waals surface area contributed by atoms with Gasteiger partial charge in [-0.05, 0) is 67.6 Å². The van der Waals surface area contributed by atoms with E-state index in [0.717, 1.165) is 22.2 Å². The highest BCUT2D eigenvalue weighted by atomic mass is 16.5. The minimum atomic E-state index is -0.226. The van der Waals surface area contributed by atoms with Crippen LogP contribution in [0.5, 0.6) is 5.75 Å². The van der Waals surface area contributed by atoms with Gasteiger partial charge in [0.15, 0.2) is 12.3 Å². The first-order chi connectivity index (χ1) is 14.4. The Labute approximate surface area is 175 Å². The number of furan rings is 1. The SMILES string of the molecule is COc1ccc(NC(=O)c2ccc(NC(=O)C[NH+](C)Cc3ccc(C)o3)cc2)cc1. The van der Waals surface area contributed by atoms with Gasteiger partial charge in [-0.25, -0.2) is 0 Å². The lowest BCUT2D eigenvalue weighted by atomic mass is 10.2. The molecule has 7 heteroatoms. The molecular formula is C23H26N3O4+. The molecular weight excluding hydrogens is 382 g/mol. The maximum Gasteiger partial charge on any atom is 0.279 e. The second kappa shape index (κ2) is 9.76. The summed E-state index contributed by atoms with van der Waals surface area (Å²) < 4.78 is 10.7.